The van der Waals surface area contributed by atoms with Crippen molar-refractivity contribution in [2.24, 2.45) is 7.05 Å². The summed E-state index contributed by atoms with van der Waals surface area (Å²) in [6.45, 7) is 0. The number of rotatable bonds is 2. The summed E-state index contributed by atoms with van der Waals surface area (Å²) in [6.07, 6.45) is 1.86. The van der Waals surface area contributed by atoms with Crippen LogP contribution in [0.1, 0.15) is 15.2 Å². The van der Waals surface area contributed by atoms with Crippen molar-refractivity contribution >= 4 is 55.6 Å². The van der Waals surface area contributed by atoms with Gasteiger partial charge in [0.25, 0.3) is 0 Å². The molecule has 2 aromatic heterocycles. The number of nitrogens with zero attached hydrogens (tertiary/aromatic N) is 1. The SMILES string of the molecule is Cn1cc(C(=O)c2ccc(Br)s2)c2ccc(Cl)cc21. The smallest absolute Gasteiger partial charge is 0.205 e. The van der Waals surface area contributed by atoms with E-state index in [1.165, 1.54) is 11.3 Å². The first-order valence-electron chi connectivity index (χ1n) is 5.61. The average molecular weight is 355 g/mol. The van der Waals surface area contributed by atoms with E-state index in [2.05, 4.69) is 15.9 Å². The van der Waals surface area contributed by atoms with Crippen LogP contribution < -0.4 is 0 Å². The largest absolute Gasteiger partial charge is 0.350 e. The third-order valence-corrected chi connectivity index (χ3v) is 4.85. The topological polar surface area (TPSA) is 22.0 Å². The van der Waals surface area contributed by atoms with Gasteiger partial charge < -0.3 is 4.57 Å². The Morgan fingerprint density at radius 1 is 1.32 bits per heavy atom. The van der Waals surface area contributed by atoms with Crippen molar-refractivity contribution in [3.63, 3.8) is 0 Å². The van der Waals surface area contributed by atoms with Crippen LogP contribution in [0.25, 0.3) is 10.9 Å². The normalized spacial score (nSPS) is 11.1. The zero-order valence-electron chi connectivity index (χ0n) is 9.98. The molecule has 2 heterocycles. The minimum Gasteiger partial charge on any atom is -0.350 e. The van der Waals surface area contributed by atoms with Gasteiger partial charge in [0.05, 0.1) is 8.66 Å². The van der Waals surface area contributed by atoms with Crippen LogP contribution >= 0.6 is 38.9 Å². The molecule has 0 amide bonds. The van der Waals surface area contributed by atoms with E-state index in [1.807, 2.05) is 48.1 Å². The summed E-state index contributed by atoms with van der Waals surface area (Å²) in [4.78, 5) is 13.2. The van der Waals surface area contributed by atoms with E-state index in [4.69, 9.17) is 11.6 Å². The van der Waals surface area contributed by atoms with E-state index in [0.29, 0.717) is 10.6 Å². The lowest BCUT2D eigenvalue weighted by Gasteiger charge is -1.97. The van der Waals surface area contributed by atoms with Crippen molar-refractivity contribution in [1.29, 1.82) is 0 Å². The fourth-order valence-electron chi connectivity index (χ4n) is 2.11. The quantitative estimate of drug-likeness (QED) is 0.601. The molecular weight excluding hydrogens is 346 g/mol. The Kier molecular flexibility index (Phi) is 3.25. The second-order valence-corrected chi connectivity index (χ2v) is 7.15. The second-order valence-electron chi connectivity index (χ2n) is 4.25. The fraction of sp³-hybridized carbons (Fsp3) is 0.0714. The minimum atomic E-state index is 0.0450. The van der Waals surface area contributed by atoms with E-state index in [-0.39, 0.29) is 5.78 Å². The molecule has 5 heteroatoms. The Bertz CT molecular complexity index is 790. The van der Waals surface area contributed by atoms with E-state index in [9.17, 15) is 4.79 Å². The number of carbonyl (C=O) groups is 1. The number of hydrogen-bond acceptors (Lipinski definition) is 2. The average Bonchev–Trinajstić information content (AvgIpc) is 2.94. The van der Waals surface area contributed by atoms with Gasteiger partial charge in [-0.1, -0.05) is 17.7 Å². The molecule has 1 aromatic carbocycles. The maximum Gasteiger partial charge on any atom is 0.205 e. The first-order chi connectivity index (χ1) is 9.06. The molecule has 0 aliphatic carbocycles. The molecule has 0 aliphatic rings. The summed E-state index contributed by atoms with van der Waals surface area (Å²) < 4.78 is 2.89. The first kappa shape index (κ1) is 12.9. The zero-order valence-corrected chi connectivity index (χ0v) is 13.1. The second kappa shape index (κ2) is 4.78. The molecule has 0 spiro atoms. The predicted octanol–water partition coefficient (Wildman–Crippen LogP) is 4.89. The van der Waals surface area contributed by atoms with Crippen LogP contribution in [-0.2, 0) is 7.05 Å². The molecule has 2 nitrogen and oxygen atoms in total. The highest BCUT2D eigenvalue weighted by molar-refractivity contribution is 9.11. The third kappa shape index (κ3) is 2.24. The number of aryl methyl sites for hydroxylation is 1. The maximum atomic E-state index is 12.5. The van der Waals surface area contributed by atoms with Gasteiger partial charge in [-0.2, -0.15) is 0 Å². The van der Waals surface area contributed by atoms with E-state index < -0.39 is 0 Å². The fourth-order valence-corrected chi connectivity index (χ4v) is 3.61. The zero-order chi connectivity index (χ0) is 13.6. The van der Waals surface area contributed by atoms with Crippen LogP contribution in [0.15, 0.2) is 40.3 Å². The van der Waals surface area contributed by atoms with Gasteiger partial charge in [-0.25, -0.2) is 0 Å². The number of thiophene rings is 1. The predicted molar refractivity (Wildman–Crippen MR) is 83.4 cm³/mol. The van der Waals surface area contributed by atoms with Gasteiger partial charge in [-0.05, 0) is 40.2 Å². The monoisotopic (exact) mass is 353 g/mol. The molecule has 0 radical (unpaired) electrons. The Morgan fingerprint density at radius 3 is 2.79 bits per heavy atom. The van der Waals surface area contributed by atoms with Crippen molar-refractivity contribution < 1.29 is 4.79 Å². The molecule has 0 aliphatic heterocycles. The van der Waals surface area contributed by atoms with Crippen molar-refractivity contribution in [3.8, 4) is 0 Å². The van der Waals surface area contributed by atoms with Crippen LogP contribution in [-0.4, -0.2) is 10.4 Å². The number of benzene rings is 1. The van der Waals surface area contributed by atoms with Gasteiger partial charge in [-0.3, -0.25) is 4.79 Å². The highest BCUT2D eigenvalue weighted by Gasteiger charge is 2.17. The molecule has 0 unspecified atom stereocenters. The summed E-state index contributed by atoms with van der Waals surface area (Å²) in [5.74, 6) is 0.0450. The molecule has 0 fully saturated rings. The van der Waals surface area contributed by atoms with Gasteiger partial charge in [-0.15, -0.1) is 11.3 Å². The van der Waals surface area contributed by atoms with E-state index in [0.717, 1.165) is 19.6 Å². The lowest BCUT2D eigenvalue weighted by Crippen LogP contribution is -1.97. The molecule has 96 valence electrons. The molecule has 0 saturated heterocycles. The maximum absolute atomic E-state index is 12.5. The molecule has 0 bridgehead atoms. The summed E-state index contributed by atoms with van der Waals surface area (Å²) in [6, 6.07) is 9.31. The standard InChI is InChI=1S/C14H9BrClNOS/c1-17-7-10(9-3-2-8(16)6-11(9)17)14(18)12-4-5-13(15)19-12/h2-7H,1H3. The summed E-state index contributed by atoms with van der Waals surface area (Å²) >= 11 is 10.8. The van der Waals surface area contributed by atoms with Gasteiger partial charge >= 0.3 is 0 Å². The molecule has 3 aromatic rings. The highest BCUT2D eigenvalue weighted by atomic mass is 79.9. The van der Waals surface area contributed by atoms with Crippen LogP contribution in [0.2, 0.25) is 5.02 Å². The van der Waals surface area contributed by atoms with Crippen molar-refractivity contribution in [1.82, 2.24) is 4.57 Å². The third-order valence-electron chi connectivity index (χ3n) is 2.99. The Balaban J connectivity index is 2.18. The van der Waals surface area contributed by atoms with Crippen LogP contribution in [0.4, 0.5) is 0 Å². The van der Waals surface area contributed by atoms with E-state index in [1.54, 1.807) is 0 Å². The molecular formula is C14H9BrClNOS. The molecule has 3 rings (SSSR count). The number of carbonyl (C=O) groups excluding carboxylic acids is 1. The van der Waals surface area contributed by atoms with Crippen LogP contribution in [0, 0.1) is 0 Å². The number of fused-ring (bicyclic) bond motifs is 1. The number of ketones is 1. The first-order valence-corrected chi connectivity index (χ1v) is 7.59. The summed E-state index contributed by atoms with van der Waals surface area (Å²) in [5.41, 5.74) is 1.68. The Labute approximate surface area is 127 Å². The molecule has 19 heavy (non-hydrogen) atoms. The lowest BCUT2D eigenvalue weighted by atomic mass is 10.1. The molecule has 0 saturated carbocycles. The van der Waals surface area contributed by atoms with E-state index >= 15 is 0 Å². The van der Waals surface area contributed by atoms with Crippen LogP contribution in [0.5, 0.6) is 0 Å². The number of hydrogen-bond donors (Lipinski definition) is 0. The van der Waals surface area contributed by atoms with Crippen molar-refractivity contribution in [3.05, 3.63) is 55.8 Å². The Hall–Kier alpha value is -1.10. The van der Waals surface area contributed by atoms with Gasteiger partial charge in [0, 0.05) is 34.7 Å². The number of aromatic nitrogens is 1. The van der Waals surface area contributed by atoms with Gasteiger partial charge in [0.2, 0.25) is 5.78 Å². The summed E-state index contributed by atoms with van der Waals surface area (Å²) in [5, 5.41) is 1.60. The highest BCUT2D eigenvalue weighted by Crippen LogP contribution is 2.29. The Morgan fingerprint density at radius 2 is 2.11 bits per heavy atom. The molecule has 0 N–H and O–H groups in total. The van der Waals surface area contributed by atoms with Crippen LogP contribution in [0.3, 0.4) is 0 Å². The summed E-state index contributed by atoms with van der Waals surface area (Å²) in [7, 11) is 1.92. The minimum absolute atomic E-state index is 0.0450. The van der Waals surface area contributed by atoms with Crippen molar-refractivity contribution in [2.45, 2.75) is 0 Å². The van der Waals surface area contributed by atoms with Crippen molar-refractivity contribution in [2.75, 3.05) is 0 Å². The lowest BCUT2D eigenvalue weighted by molar-refractivity contribution is 0.104. The molecule has 0 atom stereocenters. The number of halogens is 2. The van der Waals surface area contributed by atoms with Gasteiger partial charge in [0.1, 0.15) is 0 Å². The van der Waals surface area contributed by atoms with Gasteiger partial charge in [0.15, 0.2) is 0 Å².